The number of carbonyl (C=O) groups is 1. The van der Waals surface area contributed by atoms with Crippen molar-refractivity contribution in [2.75, 3.05) is 6.54 Å². The Balaban J connectivity index is 2.02. The Kier molecular flexibility index (Phi) is 5.38. The average molecular weight is 300 g/mol. The van der Waals surface area contributed by atoms with Crippen molar-refractivity contribution in [2.45, 2.75) is 44.7 Å². The molecular formula is C15H19ClFNO2. The Morgan fingerprint density at radius 2 is 2.20 bits per heavy atom. The van der Waals surface area contributed by atoms with Crippen molar-refractivity contribution >= 4 is 17.6 Å². The molecule has 1 heterocycles. The van der Waals surface area contributed by atoms with E-state index in [-0.39, 0.29) is 18.3 Å². The summed E-state index contributed by atoms with van der Waals surface area (Å²) in [6, 6.07) is 4.83. The van der Waals surface area contributed by atoms with Crippen molar-refractivity contribution < 1.29 is 14.3 Å². The van der Waals surface area contributed by atoms with Crippen LogP contribution >= 0.6 is 11.6 Å². The van der Waals surface area contributed by atoms with Crippen LogP contribution < -0.4 is 0 Å². The third kappa shape index (κ3) is 4.46. The van der Waals surface area contributed by atoms with E-state index in [2.05, 4.69) is 4.90 Å². The highest BCUT2D eigenvalue weighted by Gasteiger charge is 2.23. The number of halogens is 2. The Morgan fingerprint density at radius 3 is 2.90 bits per heavy atom. The third-order valence-electron chi connectivity index (χ3n) is 3.75. The third-order valence-corrected chi connectivity index (χ3v) is 3.97. The number of carboxylic acids is 1. The average Bonchev–Trinajstić information content (AvgIpc) is 2.36. The minimum atomic E-state index is -0.760. The summed E-state index contributed by atoms with van der Waals surface area (Å²) in [5.41, 5.74) is 0.845. The van der Waals surface area contributed by atoms with Crippen LogP contribution in [0.15, 0.2) is 18.2 Å². The van der Waals surface area contributed by atoms with Gasteiger partial charge in [0, 0.05) is 24.0 Å². The molecule has 0 saturated carbocycles. The van der Waals surface area contributed by atoms with Gasteiger partial charge in [0.2, 0.25) is 0 Å². The second-order valence-corrected chi connectivity index (χ2v) is 5.77. The fourth-order valence-corrected chi connectivity index (χ4v) is 3.07. The summed E-state index contributed by atoms with van der Waals surface area (Å²) in [5, 5.41) is 9.21. The second kappa shape index (κ2) is 7.04. The van der Waals surface area contributed by atoms with E-state index in [1.54, 1.807) is 6.07 Å². The van der Waals surface area contributed by atoms with Crippen LogP contribution in [0.2, 0.25) is 5.02 Å². The lowest BCUT2D eigenvalue weighted by Gasteiger charge is -2.35. The first-order valence-electron chi connectivity index (χ1n) is 6.95. The summed E-state index contributed by atoms with van der Waals surface area (Å²) in [4.78, 5) is 13.0. The molecule has 1 unspecified atom stereocenters. The van der Waals surface area contributed by atoms with Gasteiger partial charge in [0.05, 0.1) is 0 Å². The molecule has 1 fully saturated rings. The van der Waals surface area contributed by atoms with Crippen molar-refractivity contribution in [3.05, 3.63) is 34.6 Å². The molecule has 0 amide bonds. The lowest BCUT2D eigenvalue weighted by atomic mass is 9.97. The molecule has 0 aromatic heterocycles. The molecule has 1 aromatic rings. The molecule has 20 heavy (non-hydrogen) atoms. The monoisotopic (exact) mass is 299 g/mol. The molecule has 5 heteroatoms. The molecule has 110 valence electrons. The van der Waals surface area contributed by atoms with Gasteiger partial charge < -0.3 is 5.11 Å². The van der Waals surface area contributed by atoms with E-state index in [1.165, 1.54) is 12.1 Å². The first-order valence-corrected chi connectivity index (χ1v) is 7.33. The van der Waals surface area contributed by atoms with Crippen molar-refractivity contribution in [3.63, 3.8) is 0 Å². The van der Waals surface area contributed by atoms with Gasteiger partial charge in [-0.2, -0.15) is 0 Å². The van der Waals surface area contributed by atoms with E-state index >= 15 is 0 Å². The van der Waals surface area contributed by atoms with Gasteiger partial charge in [0.15, 0.2) is 0 Å². The number of rotatable bonds is 5. The molecular weight excluding hydrogens is 281 g/mol. The van der Waals surface area contributed by atoms with Gasteiger partial charge in [0.1, 0.15) is 5.82 Å². The van der Waals surface area contributed by atoms with Gasteiger partial charge in [-0.15, -0.1) is 0 Å². The first kappa shape index (κ1) is 15.3. The van der Waals surface area contributed by atoms with Crippen LogP contribution in [0.4, 0.5) is 4.39 Å². The normalized spacial score (nSPS) is 20.0. The number of likely N-dealkylation sites (tertiary alicyclic amines) is 1. The highest BCUT2D eigenvalue weighted by Crippen LogP contribution is 2.24. The number of hydrogen-bond donors (Lipinski definition) is 1. The van der Waals surface area contributed by atoms with Crippen molar-refractivity contribution in [3.8, 4) is 0 Å². The number of piperidine rings is 1. The molecule has 0 aliphatic carbocycles. The summed E-state index contributed by atoms with van der Waals surface area (Å²) >= 11 is 5.87. The van der Waals surface area contributed by atoms with Crippen LogP contribution in [0.1, 0.15) is 37.7 Å². The smallest absolute Gasteiger partial charge is 0.303 e. The molecule has 1 atom stereocenters. The zero-order valence-electron chi connectivity index (χ0n) is 11.3. The quantitative estimate of drug-likeness (QED) is 0.901. The maximum atomic E-state index is 13.4. The van der Waals surface area contributed by atoms with Crippen LogP contribution in [0.25, 0.3) is 0 Å². The highest BCUT2D eigenvalue weighted by molar-refractivity contribution is 6.30. The molecule has 1 saturated heterocycles. The zero-order valence-corrected chi connectivity index (χ0v) is 12.1. The fraction of sp³-hybridized carbons (Fsp3) is 0.533. The number of benzene rings is 1. The Hall–Kier alpha value is -1.13. The van der Waals surface area contributed by atoms with Crippen LogP contribution in [0, 0.1) is 5.82 Å². The predicted octanol–water partition coefficient (Wildman–Crippen LogP) is 3.70. The van der Waals surface area contributed by atoms with Crippen molar-refractivity contribution in [2.24, 2.45) is 0 Å². The van der Waals surface area contributed by atoms with Crippen LogP contribution in [-0.4, -0.2) is 28.6 Å². The summed E-state index contributed by atoms with van der Waals surface area (Å²) in [5.74, 6) is -1.09. The number of carboxylic acid groups (broad SMARTS) is 1. The van der Waals surface area contributed by atoms with Crippen LogP contribution in [0.5, 0.6) is 0 Å². The van der Waals surface area contributed by atoms with Crippen LogP contribution in [0.3, 0.4) is 0 Å². The van der Waals surface area contributed by atoms with E-state index < -0.39 is 5.97 Å². The number of nitrogens with zero attached hydrogens (tertiary/aromatic N) is 1. The van der Waals surface area contributed by atoms with Gasteiger partial charge in [-0.1, -0.05) is 18.0 Å². The SMILES string of the molecule is O=C(O)CCC1CCCCN1Cc1cc(F)cc(Cl)c1. The summed E-state index contributed by atoms with van der Waals surface area (Å²) in [7, 11) is 0. The minimum Gasteiger partial charge on any atom is -0.481 e. The van der Waals surface area contributed by atoms with Crippen molar-refractivity contribution in [1.29, 1.82) is 0 Å². The van der Waals surface area contributed by atoms with E-state index in [0.29, 0.717) is 18.0 Å². The molecule has 1 aliphatic rings. The van der Waals surface area contributed by atoms with Crippen LogP contribution in [-0.2, 0) is 11.3 Å². The Labute approximate surface area is 123 Å². The lowest BCUT2D eigenvalue weighted by Crippen LogP contribution is -2.39. The minimum absolute atomic E-state index is 0.186. The van der Waals surface area contributed by atoms with E-state index in [9.17, 15) is 9.18 Å². The topological polar surface area (TPSA) is 40.5 Å². The van der Waals surface area contributed by atoms with Gasteiger partial charge in [0.25, 0.3) is 0 Å². The highest BCUT2D eigenvalue weighted by atomic mass is 35.5. The van der Waals surface area contributed by atoms with Gasteiger partial charge in [-0.05, 0) is 49.6 Å². The number of hydrogen-bond acceptors (Lipinski definition) is 2. The maximum Gasteiger partial charge on any atom is 0.303 e. The number of aliphatic carboxylic acids is 1. The lowest BCUT2D eigenvalue weighted by molar-refractivity contribution is -0.137. The van der Waals surface area contributed by atoms with Gasteiger partial charge >= 0.3 is 5.97 Å². The molecule has 0 radical (unpaired) electrons. The van der Waals surface area contributed by atoms with Gasteiger partial charge in [-0.3, -0.25) is 9.69 Å². The van der Waals surface area contributed by atoms with Crippen molar-refractivity contribution in [1.82, 2.24) is 4.90 Å². The fourth-order valence-electron chi connectivity index (χ4n) is 2.82. The summed E-state index contributed by atoms with van der Waals surface area (Å²) in [6.45, 7) is 1.56. The van der Waals surface area contributed by atoms with E-state index in [1.807, 2.05) is 0 Å². The molecule has 3 nitrogen and oxygen atoms in total. The molecule has 2 rings (SSSR count). The summed E-state index contributed by atoms with van der Waals surface area (Å²) in [6.07, 6.45) is 4.08. The summed E-state index contributed by atoms with van der Waals surface area (Å²) < 4.78 is 13.4. The first-order chi connectivity index (χ1) is 9.54. The van der Waals surface area contributed by atoms with E-state index in [4.69, 9.17) is 16.7 Å². The molecule has 1 aromatic carbocycles. The molecule has 1 N–H and O–H groups in total. The maximum absolute atomic E-state index is 13.4. The zero-order chi connectivity index (χ0) is 14.5. The standard InChI is InChI=1S/C15H19ClFNO2/c16-12-7-11(8-13(17)9-12)10-18-6-2-1-3-14(18)4-5-15(19)20/h7-9,14H,1-6,10H2,(H,19,20). The van der Waals surface area contributed by atoms with Gasteiger partial charge in [-0.25, -0.2) is 4.39 Å². The molecule has 1 aliphatic heterocycles. The Bertz CT molecular complexity index is 461. The van der Waals surface area contributed by atoms with E-state index in [0.717, 1.165) is 31.4 Å². The Morgan fingerprint density at radius 1 is 1.40 bits per heavy atom. The predicted molar refractivity (Wildman–Crippen MR) is 76.3 cm³/mol. The largest absolute Gasteiger partial charge is 0.481 e. The molecule has 0 bridgehead atoms. The second-order valence-electron chi connectivity index (χ2n) is 5.33. The molecule has 0 spiro atoms.